The highest BCUT2D eigenvalue weighted by Gasteiger charge is 2.12. The molecule has 0 aliphatic rings. The second-order valence-corrected chi connectivity index (χ2v) is 5.01. The zero-order valence-corrected chi connectivity index (χ0v) is 12.8. The van der Waals surface area contributed by atoms with Gasteiger partial charge in [0.15, 0.2) is 5.11 Å². The van der Waals surface area contributed by atoms with Gasteiger partial charge in [-0.1, -0.05) is 48.5 Å². The fraction of sp³-hybridized carbons (Fsp3) is 0.176. The van der Waals surface area contributed by atoms with Crippen LogP contribution in [0.4, 0.5) is 0 Å². The van der Waals surface area contributed by atoms with Crippen molar-refractivity contribution in [1.29, 1.82) is 0 Å². The number of thiocarbonyl (C=S) groups is 1. The standard InChI is InChI=1S/C17H18N2OS/c1-2-19(13-14-9-5-3-6-10-14)17(21)18-16(20)15-11-7-4-8-12-15/h3-12H,2,13H2,1H3,(H,18,20,21). The monoisotopic (exact) mass is 298 g/mol. The third-order valence-corrected chi connectivity index (χ3v) is 3.50. The molecule has 0 unspecified atom stereocenters. The van der Waals surface area contributed by atoms with E-state index in [1.54, 1.807) is 12.1 Å². The van der Waals surface area contributed by atoms with Gasteiger partial charge in [0.2, 0.25) is 0 Å². The van der Waals surface area contributed by atoms with E-state index in [1.807, 2.05) is 60.4 Å². The number of hydrogen-bond donors (Lipinski definition) is 1. The summed E-state index contributed by atoms with van der Waals surface area (Å²) in [5.74, 6) is -0.174. The van der Waals surface area contributed by atoms with Gasteiger partial charge >= 0.3 is 0 Å². The zero-order valence-electron chi connectivity index (χ0n) is 12.0. The predicted octanol–water partition coefficient (Wildman–Crippen LogP) is 3.22. The van der Waals surface area contributed by atoms with E-state index >= 15 is 0 Å². The quantitative estimate of drug-likeness (QED) is 0.880. The second-order valence-electron chi connectivity index (χ2n) is 4.63. The van der Waals surface area contributed by atoms with Crippen LogP contribution in [0.5, 0.6) is 0 Å². The van der Waals surface area contributed by atoms with Crippen molar-refractivity contribution in [2.75, 3.05) is 6.54 Å². The molecule has 3 nitrogen and oxygen atoms in total. The molecule has 0 spiro atoms. The third kappa shape index (κ3) is 4.39. The molecule has 0 aromatic heterocycles. The third-order valence-electron chi connectivity index (χ3n) is 3.14. The maximum absolute atomic E-state index is 12.1. The lowest BCUT2D eigenvalue weighted by Crippen LogP contribution is -2.42. The molecule has 0 atom stereocenters. The Morgan fingerprint density at radius 2 is 1.62 bits per heavy atom. The number of benzene rings is 2. The minimum atomic E-state index is -0.174. The first-order valence-corrected chi connectivity index (χ1v) is 7.30. The molecule has 2 aromatic carbocycles. The predicted molar refractivity (Wildman–Crippen MR) is 89.0 cm³/mol. The molecule has 4 heteroatoms. The van der Waals surface area contributed by atoms with Crippen LogP contribution >= 0.6 is 12.2 Å². The summed E-state index contributed by atoms with van der Waals surface area (Å²) in [6.07, 6.45) is 0. The Balaban J connectivity index is 1.99. The highest BCUT2D eigenvalue weighted by Crippen LogP contribution is 2.05. The Morgan fingerprint density at radius 3 is 2.19 bits per heavy atom. The minimum absolute atomic E-state index is 0.174. The van der Waals surface area contributed by atoms with Crippen molar-refractivity contribution in [1.82, 2.24) is 10.2 Å². The second kappa shape index (κ2) is 7.55. The summed E-state index contributed by atoms with van der Waals surface area (Å²) in [5.41, 5.74) is 1.77. The number of amides is 1. The molecule has 1 amide bonds. The maximum Gasteiger partial charge on any atom is 0.257 e. The molecule has 0 saturated heterocycles. The van der Waals surface area contributed by atoms with Crippen LogP contribution in [0.15, 0.2) is 60.7 Å². The summed E-state index contributed by atoms with van der Waals surface area (Å²) in [5, 5.41) is 3.24. The van der Waals surface area contributed by atoms with Gasteiger partial charge in [-0.3, -0.25) is 10.1 Å². The van der Waals surface area contributed by atoms with Crippen LogP contribution in [-0.2, 0) is 6.54 Å². The van der Waals surface area contributed by atoms with E-state index in [4.69, 9.17) is 12.2 Å². The summed E-state index contributed by atoms with van der Waals surface area (Å²) in [6.45, 7) is 3.44. The molecule has 21 heavy (non-hydrogen) atoms. The average Bonchev–Trinajstić information content (AvgIpc) is 2.54. The number of rotatable bonds is 4. The van der Waals surface area contributed by atoms with Gasteiger partial charge in [-0.15, -0.1) is 0 Å². The lowest BCUT2D eigenvalue weighted by atomic mass is 10.2. The summed E-state index contributed by atoms with van der Waals surface area (Å²) in [4.78, 5) is 14.1. The largest absolute Gasteiger partial charge is 0.345 e. The number of hydrogen-bond acceptors (Lipinski definition) is 2. The van der Waals surface area contributed by atoms with Gasteiger partial charge in [0, 0.05) is 18.7 Å². The van der Waals surface area contributed by atoms with Crippen LogP contribution in [-0.4, -0.2) is 22.5 Å². The molecule has 1 N–H and O–H groups in total. The number of carbonyl (C=O) groups is 1. The van der Waals surface area contributed by atoms with Crippen molar-refractivity contribution in [2.24, 2.45) is 0 Å². The van der Waals surface area contributed by atoms with Crippen molar-refractivity contribution in [3.05, 3.63) is 71.8 Å². The summed E-state index contributed by atoms with van der Waals surface area (Å²) in [7, 11) is 0. The van der Waals surface area contributed by atoms with E-state index in [-0.39, 0.29) is 5.91 Å². The Bertz CT molecular complexity index is 599. The molecular weight excluding hydrogens is 280 g/mol. The minimum Gasteiger partial charge on any atom is -0.345 e. The summed E-state index contributed by atoms with van der Waals surface area (Å²) < 4.78 is 0. The van der Waals surface area contributed by atoms with Crippen molar-refractivity contribution >= 4 is 23.2 Å². The molecule has 0 heterocycles. The van der Waals surface area contributed by atoms with Crippen molar-refractivity contribution in [2.45, 2.75) is 13.5 Å². The van der Waals surface area contributed by atoms with Crippen LogP contribution in [0.2, 0.25) is 0 Å². The fourth-order valence-corrected chi connectivity index (χ4v) is 2.26. The molecule has 0 fully saturated rings. The normalized spacial score (nSPS) is 9.95. The molecule has 0 saturated carbocycles. The van der Waals surface area contributed by atoms with Crippen molar-refractivity contribution < 1.29 is 4.79 Å². The van der Waals surface area contributed by atoms with Crippen LogP contribution in [0.3, 0.4) is 0 Å². The van der Waals surface area contributed by atoms with Crippen LogP contribution in [0.25, 0.3) is 0 Å². The van der Waals surface area contributed by atoms with Crippen LogP contribution < -0.4 is 5.32 Å². The molecule has 0 aliphatic carbocycles. The van der Waals surface area contributed by atoms with E-state index in [2.05, 4.69) is 5.32 Å². The van der Waals surface area contributed by atoms with E-state index in [9.17, 15) is 4.79 Å². The molecule has 0 bridgehead atoms. The number of carbonyl (C=O) groups excluding carboxylic acids is 1. The smallest absolute Gasteiger partial charge is 0.257 e. The molecule has 2 rings (SSSR count). The van der Waals surface area contributed by atoms with Gasteiger partial charge in [-0.25, -0.2) is 0 Å². The Morgan fingerprint density at radius 1 is 1.05 bits per heavy atom. The molecular formula is C17H18N2OS. The lowest BCUT2D eigenvalue weighted by Gasteiger charge is -2.23. The Labute approximate surface area is 130 Å². The van der Waals surface area contributed by atoms with Gasteiger partial charge in [-0.05, 0) is 36.8 Å². The first kappa shape index (κ1) is 15.2. The van der Waals surface area contributed by atoms with E-state index in [0.29, 0.717) is 17.2 Å². The number of nitrogens with one attached hydrogen (secondary N) is 1. The molecule has 108 valence electrons. The Kier molecular flexibility index (Phi) is 5.46. The van der Waals surface area contributed by atoms with E-state index in [0.717, 1.165) is 12.1 Å². The average molecular weight is 298 g/mol. The maximum atomic E-state index is 12.1. The summed E-state index contributed by atoms with van der Waals surface area (Å²) in [6, 6.07) is 19.1. The fourth-order valence-electron chi connectivity index (χ4n) is 1.97. The molecule has 2 aromatic rings. The Hall–Kier alpha value is -2.20. The topological polar surface area (TPSA) is 32.3 Å². The van der Waals surface area contributed by atoms with Gasteiger partial charge in [-0.2, -0.15) is 0 Å². The molecule has 0 aliphatic heterocycles. The van der Waals surface area contributed by atoms with Gasteiger partial charge < -0.3 is 4.90 Å². The lowest BCUT2D eigenvalue weighted by molar-refractivity contribution is 0.0973. The molecule has 0 radical (unpaired) electrons. The first-order valence-electron chi connectivity index (χ1n) is 6.90. The SMILES string of the molecule is CCN(Cc1ccccc1)C(=S)NC(=O)c1ccccc1. The van der Waals surface area contributed by atoms with Gasteiger partial charge in [0.25, 0.3) is 5.91 Å². The zero-order chi connectivity index (χ0) is 15.1. The van der Waals surface area contributed by atoms with Crippen LogP contribution in [0, 0.1) is 0 Å². The van der Waals surface area contributed by atoms with Crippen LogP contribution in [0.1, 0.15) is 22.8 Å². The highest BCUT2D eigenvalue weighted by molar-refractivity contribution is 7.80. The number of nitrogens with zero attached hydrogens (tertiary/aromatic N) is 1. The first-order chi connectivity index (χ1) is 10.2. The van der Waals surface area contributed by atoms with Crippen molar-refractivity contribution in [3.8, 4) is 0 Å². The van der Waals surface area contributed by atoms with Gasteiger partial charge in [0.05, 0.1) is 0 Å². The van der Waals surface area contributed by atoms with Gasteiger partial charge in [0.1, 0.15) is 0 Å². The van der Waals surface area contributed by atoms with Crippen molar-refractivity contribution in [3.63, 3.8) is 0 Å². The van der Waals surface area contributed by atoms with E-state index in [1.165, 1.54) is 0 Å². The highest BCUT2D eigenvalue weighted by atomic mass is 32.1. The van der Waals surface area contributed by atoms with E-state index < -0.39 is 0 Å². The summed E-state index contributed by atoms with van der Waals surface area (Å²) >= 11 is 5.34.